The second-order valence-electron chi connectivity index (χ2n) is 13.6. The molecular weight excluding hydrogens is 611 g/mol. The molecule has 4 heteroatoms. The first-order valence-electron chi connectivity index (χ1n) is 17.4. The van der Waals surface area contributed by atoms with Crippen LogP contribution in [0.15, 0.2) is 150 Å². The molecule has 238 valence electrons. The van der Waals surface area contributed by atoms with Crippen LogP contribution in [0.1, 0.15) is 48.7 Å². The van der Waals surface area contributed by atoms with Gasteiger partial charge in [0.25, 0.3) is 0 Å². The van der Waals surface area contributed by atoms with Crippen molar-refractivity contribution in [2.45, 2.75) is 31.6 Å². The largest absolute Gasteiger partial charge is 0.456 e. The summed E-state index contributed by atoms with van der Waals surface area (Å²) in [5, 5.41) is 2.06. The van der Waals surface area contributed by atoms with Crippen LogP contribution >= 0.6 is 0 Å². The summed E-state index contributed by atoms with van der Waals surface area (Å²) in [6, 6.07) is 40.7. The number of rotatable bonds is 4. The summed E-state index contributed by atoms with van der Waals surface area (Å²) in [6.07, 6.45) is 14.3. The number of hydrogen-bond acceptors (Lipinski definition) is 4. The summed E-state index contributed by atoms with van der Waals surface area (Å²) in [6.45, 7) is 2.39. The van der Waals surface area contributed by atoms with Crippen LogP contribution in [0.2, 0.25) is 0 Å². The predicted octanol–water partition coefficient (Wildman–Crippen LogP) is 11.6. The molecule has 0 bridgehead atoms. The molecule has 0 radical (unpaired) electrons. The van der Waals surface area contributed by atoms with E-state index in [4.69, 9.17) is 19.4 Å². The van der Waals surface area contributed by atoms with Gasteiger partial charge in [0, 0.05) is 32.9 Å². The summed E-state index contributed by atoms with van der Waals surface area (Å²) < 4.78 is 6.48. The molecule has 7 aromatic rings. The molecule has 0 amide bonds. The Balaban J connectivity index is 1.13. The Morgan fingerprint density at radius 2 is 1.34 bits per heavy atom. The lowest BCUT2D eigenvalue weighted by Crippen LogP contribution is -2.29. The summed E-state index contributed by atoms with van der Waals surface area (Å²) in [7, 11) is 0. The average molecular weight is 644 g/mol. The smallest absolute Gasteiger partial charge is 0.164 e. The van der Waals surface area contributed by atoms with Gasteiger partial charge in [0.05, 0.1) is 0 Å². The predicted molar refractivity (Wildman–Crippen MR) is 204 cm³/mol. The number of hydrogen-bond donors (Lipinski definition) is 0. The van der Waals surface area contributed by atoms with Crippen molar-refractivity contribution in [3.63, 3.8) is 0 Å². The van der Waals surface area contributed by atoms with E-state index in [1.54, 1.807) is 0 Å². The Hall–Kier alpha value is -6.13. The summed E-state index contributed by atoms with van der Waals surface area (Å²) in [5.74, 6) is 1.98. The molecule has 2 heterocycles. The van der Waals surface area contributed by atoms with Crippen molar-refractivity contribution >= 4 is 38.7 Å². The molecule has 4 nitrogen and oxygen atoms in total. The molecule has 3 aliphatic rings. The number of fused-ring (bicyclic) bond motifs is 9. The van der Waals surface area contributed by atoms with Crippen molar-refractivity contribution in [3.05, 3.63) is 168 Å². The third-order valence-electron chi connectivity index (χ3n) is 10.6. The highest BCUT2D eigenvalue weighted by atomic mass is 16.3. The molecule has 0 spiro atoms. The van der Waals surface area contributed by atoms with E-state index in [-0.39, 0.29) is 5.41 Å². The highest BCUT2D eigenvalue weighted by molar-refractivity contribution is 6.13. The van der Waals surface area contributed by atoms with Crippen LogP contribution in [0.4, 0.5) is 0 Å². The van der Waals surface area contributed by atoms with Crippen molar-refractivity contribution in [1.82, 2.24) is 15.0 Å². The Morgan fingerprint density at radius 3 is 2.20 bits per heavy atom. The van der Waals surface area contributed by atoms with Gasteiger partial charge in [0.2, 0.25) is 0 Å². The van der Waals surface area contributed by atoms with E-state index >= 15 is 0 Å². The number of aromatic nitrogens is 3. The summed E-state index contributed by atoms with van der Waals surface area (Å²) in [5.41, 5.74) is 13.6. The SMILES string of the molecule is CC12CC=C(c3ccc4oc5cccc(-c6nc(C7=CCCC=C7)nc(-c7ccccc7)n6)c5c4c3)C=C1c1ccccc1-c1ccccc12. The van der Waals surface area contributed by atoms with Gasteiger partial charge >= 0.3 is 0 Å². The van der Waals surface area contributed by atoms with Gasteiger partial charge in [-0.2, -0.15) is 0 Å². The number of benzene rings is 5. The fraction of sp³-hybridized carbons (Fsp3) is 0.109. The molecule has 3 aliphatic carbocycles. The first-order valence-corrected chi connectivity index (χ1v) is 17.4. The molecule has 50 heavy (non-hydrogen) atoms. The van der Waals surface area contributed by atoms with Gasteiger partial charge in [0.15, 0.2) is 17.5 Å². The zero-order chi connectivity index (χ0) is 33.2. The minimum absolute atomic E-state index is 0.0934. The van der Waals surface area contributed by atoms with Gasteiger partial charge in [-0.3, -0.25) is 0 Å². The fourth-order valence-corrected chi connectivity index (χ4v) is 8.09. The number of furan rings is 1. The highest BCUT2D eigenvalue weighted by Crippen LogP contribution is 2.54. The molecule has 0 aliphatic heterocycles. The lowest BCUT2D eigenvalue weighted by molar-refractivity contribution is 0.619. The van der Waals surface area contributed by atoms with E-state index in [2.05, 4.69) is 122 Å². The maximum absolute atomic E-state index is 6.48. The van der Waals surface area contributed by atoms with Crippen molar-refractivity contribution in [2.24, 2.45) is 0 Å². The number of nitrogens with zero attached hydrogens (tertiary/aromatic N) is 3. The molecule has 10 rings (SSSR count). The third-order valence-corrected chi connectivity index (χ3v) is 10.6. The van der Waals surface area contributed by atoms with Gasteiger partial charge in [-0.25, -0.2) is 15.0 Å². The molecule has 5 aromatic carbocycles. The van der Waals surface area contributed by atoms with Crippen molar-refractivity contribution in [3.8, 4) is 33.9 Å². The second kappa shape index (κ2) is 11.2. The van der Waals surface area contributed by atoms with Crippen LogP contribution in [-0.2, 0) is 5.41 Å². The van der Waals surface area contributed by atoms with Gasteiger partial charge in [0.1, 0.15) is 11.2 Å². The molecular formula is C46H33N3O. The Bertz CT molecular complexity index is 2640. The molecule has 0 saturated heterocycles. The lowest BCUT2D eigenvalue weighted by atomic mass is 9.62. The topological polar surface area (TPSA) is 51.8 Å². The van der Waals surface area contributed by atoms with Crippen LogP contribution in [0.3, 0.4) is 0 Å². The maximum atomic E-state index is 6.48. The summed E-state index contributed by atoms with van der Waals surface area (Å²) in [4.78, 5) is 15.1. The zero-order valence-corrected chi connectivity index (χ0v) is 27.7. The Labute approximate surface area is 290 Å². The van der Waals surface area contributed by atoms with Gasteiger partial charge < -0.3 is 4.42 Å². The molecule has 1 unspecified atom stereocenters. The van der Waals surface area contributed by atoms with Gasteiger partial charge in [-0.05, 0) is 82.5 Å². The van der Waals surface area contributed by atoms with E-state index in [1.165, 1.54) is 39.0 Å². The van der Waals surface area contributed by atoms with Crippen LogP contribution in [0.25, 0.3) is 72.6 Å². The monoisotopic (exact) mass is 643 g/mol. The lowest BCUT2D eigenvalue weighted by Gasteiger charge is -2.41. The van der Waals surface area contributed by atoms with E-state index in [0.29, 0.717) is 17.5 Å². The average Bonchev–Trinajstić information content (AvgIpc) is 3.57. The highest BCUT2D eigenvalue weighted by Gasteiger charge is 2.40. The second-order valence-corrected chi connectivity index (χ2v) is 13.6. The minimum atomic E-state index is -0.0934. The van der Waals surface area contributed by atoms with Crippen LogP contribution in [-0.4, -0.2) is 15.0 Å². The molecule has 2 aromatic heterocycles. The molecule has 0 saturated carbocycles. The van der Waals surface area contributed by atoms with Crippen LogP contribution in [0.5, 0.6) is 0 Å². The third kappa shape index (κ3) is 4.49. The normalized spacial score (nSPS) is 17.8. The first-order chi connectivity index (χ1) is 24.6. The number of allylic oxidation sites excluding steroid dienone is 8. The van der Waals surface area contributed by atoms with Gasteiger partial charge in [-0.1, -0.05) is 128 Å². The van der Waals surface area contributed by atoms with E-state index in [9.17, 15) is 0 Å². The minimum Gasteiger partial charge on any atom is -0.456 e. The van der Waals surface area contributed by atoms with E-state index in [1.807, 2.05) is 30.3 Å². The van der Waals surface area contributed by atoms with Crippen molar-refractivity contribution in [1.29, 1.82) is 0 Å². The Kier molecular flexibility index (Phi) is 6.47. The van der Waals surface area contributed by atoms with Gasteiger partial charge in [-0.15, -0.1) is 0 Å². The van der Waals surface area contributed by atoms with Crippen molar-refractivity contribution < 1.29 is 4.42 Å². The fourth-order valence-electron chi connectivity index (χ4n) is 8.09. The van der Waals surface area contributed by atoms with Crippen molar-refractivity contribution in [2.75, 3.05) is 0 Å². The molecule has 0 fully saturated rings. The Morgan fingerprint density at radius 1 is 0.580 bits per heavy atom. The van der Waals surface area contributed by atoms with Crippen LogP contribution < -0.4 is 0 Å². The van der Waals surface area contributed by atoms with Crippen LogP contribution in [0, 0.1) is 0 Å². The summed E-state index contributed by atoms with van der Waals surface area (Å²) >= 11 is 0. The standard InChI is InChI=1S/C46H33N3O/c1-46-26-25-32(28-39(46)35-19-9-8-17-33(35)34-18-10-11-21-38(34)46)31-23-24-40-37(27-31)42-36(20-12-22-41(42)50-40)45-48-43(29-13-4-2-5-14-29)47-44(49-45)30-15-6-3-7-16-30/h2,4-6,8-25,27-28H,3,7,26H2,1H3. The maximum Gasteiger partial charge on any atom is 0.164 e. The molecule has 0 N–H and O–H groups in total. The first kappa shape index (κ1) is 28.8. The van der Waals surface area contributed by atoms with E-state index in [0.717, 1.165) is 57.9 Å². The quantitative estimate of drug-likeness (QED) is 0.191. The van der Waals surface area contributed by atoms with E-state index < -0.39 is 0 Å². The molecule has 1 atom stereocenters. The zero-order valence-electron chi connectivity index (χ0n) is 27.7.